The molecule has 138 valence electrons. The zero-order chi connectivity index (χ0) is 19.4. The van der Waals surface area contributed by atoms with Crippen molar-refractivity contribution in [1.29, 1.82) is 0 Å². The van der Waals surface area contributed by atoms with Crippen LogP contribution in [-0.2, 0) is 14.9 Å². The Hall–Kier alpha value is -2.42. The van der Waals surface area contributed by atoms with Crippen LogP contribution in [0.5, 0.6) is 5.75 Å². The Kier molecular flexibility index (Phi) is 5.79. The standard InChI is InChI=1S/C19H15NO4S3/c1-2-12-20-18(21)17(26-19(20)25)13-14-8-10-15(11-9-14)24-27(22,23)16-6-4-3-5-7-16/h2-11,13H,1,12H2. The summed E-state index contributed by atoms with van der Waals surface area (Å²) in [5.74, 6) is 0.0205. The number of thioether (sulfide) groups is 1. The van der Waals surface area contributed by atoms with Gasteiger partial charge in [-0.2, -0.15) is 8.42 Å². The summed E-state index contributed by atoms with van der Waals surface area (Å²) in [5.41, 5.74) is 0.735. The molecule has 5 nitrogen and oxygen atoms in total. The zero-order valence-corrected chi connectivity index (χ0v) is 16.5. The molecular weight excluding hydrogens is 402 g/mol. The summed E-state index contributed by atoms with van der Waals surface area (Å²) in [5, 5.41) is 0. The van der Waals surface area contributed by atoms with Crippen LogP contribution in [0.15, 0.2) is 77.1 Å². The van der Waals surface area contributed by atoms with Crippen LogP contribution in [0.25, 0.3) is 6.08 Å². The van der Waals surface area contributed by atoms with Gasteiger partial charge in [0.25, 0.3) is 5.91 Å². The second-order valence-electron chi connectivity index (χ2n) is 5.50. The Morgan fingerprint density at radius 2 is 1.78 bits per heavy atom. The summed E-state index contributed by atoms with van der Waals surface area (Å²) in [6, 6.07) is 14.3. The van der Waals surface area contributed by atoms with Gasteiger partial charge in [-0.1, -0.05) is 60.4 Å². The van der Waals surface area contributed by atoms with E-state index in [9.17, 15) is 13.2 Å². The van der Waals surface area contributed by atoms with E-state index in [1.165, 1.54) is 40.9 Å². The maximum Gasteiger partial charge on any atom is 0.339 e. The van der Waals surface area contributed by atoms with Crippen molar-refractivity contribution < 1.29 is 17.4 Å². The van der Waals surface area contributed by atoms with Crippen molar-refractivity contribution in [1.82, 2.24) is 4.90 Å². The number of nitrogens with zero attached hydrogens (tertiary/aromatic N) is 1. The lowest BCUT2D eigenvalue weighted by atomic mass is 10.2. The van der Waals surface area contributed by atoms with Gasteiger partial charge in [-0.25, -0.2) is 0 Å². The third kappa shape index (κ3) is 4.47. The first-order chi connectivity index (χ1) is 12.9. The topological polar surface area (TPSA) is 63.7 Å². The molecule has 1 aliphatic rings. The third-order valence-electron chi connectivity index (χ3n) is 3.60. The predicted molar refractivity (Wildman–Crippen MR) is 111 cm³/mol. The SMILES string of the molecule is C=CCN1C(=O)C(=Cc2ccc(OS(=O)(=O)c3ccccc3)cc2)SC1=S. The molecule has 1 saturated heterocycles. The van der Waals surface area contributed by atoms with Gasteiger partial charge in [0, 0.05) is 6.54 Å². The fourth-order valence-corrected chi connectivity index (χ4v) is 4.55. The first-order valence-electron chi connectivity index (χ1n) is 7.86. The van der Waals surface area contributed by atoms with Crippen molar-refractivity contribution in [3.05, 3.63) is 77.7 Å². The molecule has 3 rings (SSSR count). The van der Waals surface area contributed by atoms with E-state index in [0.29, 0.717) is 15.8 Å². The van der Waals surface area contributed by atoms with Gasteiger partial charge in [0.2, 0.25) is 0 Å². The lowest BCUT2D eigenvalue weighted by Crippen LogP contribution is -2.27. The quantitative estimate of drug-likeness (QED) is 0.308. The van der Waals surface area contributed by atoms with E-state index in [-0.39, 0.29) is 16.6 Å². The number of rotatable bonds is 6. The Bertz CT molecular complexity index is 1010. The van der Waals surface area contributed by atoms with Crippen LogP contribution in [0.1, 0.15) is 5.56 Å². The number of carbonyl (C=O) groups is 1. The molecule has 1 aliphatic heterocycles. The van der Waals surface area contributed by atoms with Crippen molar-refractivity contribution in [3.63, 3.8) is 0 Å². The number of carbonyl (C=O) groups excluding carboxylic acids is 1. The smallest absolute Gasteiger partial charge is 0.339 e. The molecular formula is C19H15NO4S3. The summed E-state index contributed by atoms with van der Waals surface area (Å²) in [4.78, 5) is 14.4. The van der Waals surface area contributed by atoms with E-state index >= 15 is 0 Å². The molecule has 1 heterocycles. The largest absolute Gasteiger partial charge is 0.379 e. The highest BCUT2D eigenvalue weighted by molar-refractivity contribution is 8.26. The van der Waals surface area contributed by atoms with Crippen molar-refractivity contribution in [2.24, 2.45) is 0 Å². The zero-order valence-electron chi connectivity index (χ0n) is 14.1. The summed E-state index contributed by atoms with van der Waals surface area (Å²) in [6.45, 7) is 3.98. The minimum absolute atomic E-state index is 0.0833. The second-order valence-corrected chi connectivity index (χ2v) is 8.72. The van der Waals surface area contributed by atoms with E-state index in [4.69, 9.17) is 16.4 Å². The fraction of sp³-hybridized carbons (Fsp3) is 0.0526. The van der Waals surface area contributed by atoms with Crippen LogP contribution in [0.3, 0.4) is 0 Å². The van der Waals surface area contributed by atoms with Gasteiger partial charge in [-0.05, 0) is 35.9 Å². The molecule has 0 atom stereocenters. The fourth-order valence-electron chi connectivity index (χ4n) is 2.32. The molecule has 1 fully saturated rings. The van der Waals surface area contributed by atoms with Gasteiger partial charge in [0.1, 0.15) is 15.0 Å². The van der Waals surface area contributed by atoms with Gasteiger partial charge in [0.15, 0.2) is 0 Å². The second kappa shape index (κ2) is 8.08. The lowest BCUT2D eigenvalue weighted by molar-refractivity contribution is -0.121. The summed E-state index contributed by atoms with van der Waals surface area (Å²) >= 11 is 6.42. The van der Waals surface area contributed by atoms with E-state index < -0.39 is 10.1 Å². The number of hydrogen-bond donors (Lipinski definition) is 0. The molecule has 1 amide bonds. The van der Waals surface area contributed by atoms with Crippen LogP contribution in [-0.4, -0.2) is 30.1 Å². The van der Waals surface area contributed by atoms with Crippen LogP contribution >= 0.6 is 24.0 Å². The molecule has 27 heavy (non-hydrogen) atoms. The number of thiocarbonyl (C=S) groups is 1. The normalized spacial score (nSPS) is 16.0. The molecule has 0 N–H and O–H groups in total. The molecule has 0 aliphatic carbocycles. The third-order valence-corrected chi connectivity index (χ3v) is 6.24. The van der Waals surface area contributed by atoms with E-state index in [2.05, 4.69) is 6.58 Å². The Morgan fingerprint density at radius 1 is 1.11 bits per heavy atom. The summed E-state index contributed by atoms with van der Waals surface area (Å²) in [7, 11) is -3.89. The summed E-state index contributed by atoms with van der Waals surface area (Å²) in [6.07, 6.45) is 3.32. The van der Waals surface area contributed by atoms with Gasteiger partial charge in [-0.15, -0.1) is 6.58 Å². The van der Waals surface area contributed by atoms with Crippen molar-refractivity contribution in [2.45, 2.75) is 4.90 Å². The average molecular weight is 418 g/mol. The molecule has 2 aromatic carbocycles. The van der Waals surface area contributed by atoms with Gasteiger partial charge < -0.3 is 4.18 Å². The van der Waals surface area contributed by atoms with Crippen LogP contribution in [0.2, 0.25) is 0 Å². The molecule has 0 aromatic heterocycles. The first-order valence-corrected chi connectivity index (χ1v) is 10.5. The minimum Gasteiger partial charge on any atom is -0.379 e. The first kappa shape index (κ1) is 19.3. The molecule has 0 spiro atoms. The maximum atomic E-state index is 12.3. The highest BCUT2D eigenvalue weighted by Gasteiger charge is 2.30. The molecule has 8 heteroatoms. The van der Waals surface area contributed by atoms with Crippen molar-refractivity contribution in [3.8, 4) is 5.75 Å². The number of amides is 1. The monoisotopic (exact) mass is 417 g/mol. The number of hydrogen-bond acceptors (Lipinski definition) is 6. The van der Waals surface area contributed by atoms with Crippen LogP contribution in [0.4, 0.5) is 0 Å². The Morgan fingerprint density at radius 3 is 2.41 bits per heavy atom. The molecule has 0 unspecified atom stereocenters. The minimum atomic E-state index is -3.89. The Labute approximate surface area is 167 Å². The van der Waals surface area contributed by atoms with Crippen LogP contribution in [0, 0.1) is 0 Å². The highest BCUT2D eigenvalue weighted by Crippen LogP contribution is 2.32. The molecule has 0 bridgehead atoms. The van der Waals surface area contributed by atoms with Crippen molar-refractivity contribution >= 4 is 50.4 Å². The van der Waals surface area contributed by atoms with E-state index in [0.717, 1.165) is 5.56 Å². The Balaban J connectivity index is 1.76. The molecule has 0 saturated carbocycles. The van der Waals surface area contributed by atoms with E-state index in [1.807, 2.05) is 0 Å². The van der Waals surface area contributed by atoms with Gasteiger partial charge >= 0.3 is 10.1 Å². The van der Waals surface area contributed by atoms with Gasteiger partial charge in [-0.3, -0.25) is 9.69 Å². The predicted octanol–water partition coefficient (Wildman–Crippen LogP) is 3.84. The summed E-state index contributed by atoms with van der Waals surface area (Å²) < 4.78 is 30.1. The highest BCUT2D eigenvalue weighted by atomic mass is 32.2. The number of benzene rings is 2. The molecule has 0 radical (unpaired) electrons. The average Bonchev–Trinajstić information content (AvgIpc) is 2.92. The van der Waals surface area contributed by atoms with Crippen LogP contribution < -0.4 is 4.18 Å². The van der Waals surface area contributed by atoms with Gasteiger partial charge in [0.05, 0.1) is 4.91 Å². The van der Waals surface area contributed by atoms with E-state index in [1.54, 1.807) is 42.5 Å². The van der Waals surface area contributed by atoms with Crippen molar-refractivity contribution in [2.75, 3.05) is 6.54 Å². The lowest BCUT2D eigenvalue weighted by Gasteiger charge is -2.10. The maximum absolute atomic E-state index is 12.3. The molecule has 2 aromatic rings.